The molecule has 0 bridgehead atoms. The fourth-order valence-corrected chi connectivity index (χ4v) is 3.81. The van der Waals surface area contributed by atoms with Crippen molar-refractivity contribution < 1.29 is 0 Å². The molecule has 0 saturated heterocycles. The topological polar surface area (TPSA) is 0 Å². The van der Waals surface area contributed by atoms with Gasteiger partial charge in [0.15, 0.2) is 0 Å². The van der Waals surface area contributed by atoms with Gasteiger partial charge in [-0.1, -0.05) is 40.0 Å². The lowest BCUT2D eigenvalue weighted by Gasteiger charge is -2.38. The maximum Gasteiger partial charge on any atom is -0.0381 e. The quantitative estimate of drug-likeness (QED) is 0.533. The van der Waals surface area contributed by atoms with Crippen molar-refractivity contribution in [3.63, 3.8) is 0 Å². The number of fused-ring (bicyclic) bond motifs is 1. The molecule has 0 amide bonds. The first-order valence-corrected chi connectivity index (χ1v) is 6.66. The van der Waals surface area contributed by atoms with Crippen molar-refractivity contribution in [2.24, 2.45) is 29.6 Å². The van der Waals surface area contributed by atoms with Crippen molar-refractivity contribution in [2.75, 3.05) is 0 Å². The lowest BCUT2D eigenvalue weighted by Crippen LogP contribution is -2.29. The Morgan fingerprint density at radius 2 is 1.36 bits per heavy atom. The van der Waals surface area contributed by atoms with Gasteiger partial charge in [0.1, 0.15) is 0 Å². The van der Waals surface area contributed by atoms with E-state index in [0.717, 1.165) is 29.6 Å². The Kier molecular flexibility index (Phi) is 3.19. The van der Waals surface area contributed by atoms with E-state index in [0.29, 0.717) is 0 Å². The zero-order valence-electron chi connectivity index (χ0n) is 10.1. The van der Waals surface area contributed by atoms with Gasteiger partial charge in [0.05, 0.1) is 0 Å². The van der Waals surface area contributed by atoms with Gasteiger partial charge in [-0.25, -0.2) is 0 Å². The zero-order valence-corrected chi connectivity index (χ0v) is 10.1. The molecule has 0 radical (unpaired) electrons. The van der Waals surface area contributed by atoms with E-state index in [1.807, 2.05) is 0 Å². The lowest BCUT2D eigenvalue weighted by molar-refractivity contribution is 0.120. The molecule has 0 aromatic rings. The first-order valence-electron chi connectivity index (χ1n) is 6.66. The van der Waals surface area contributed by atoms with E-state index in [1.165, 1.54) is 38.5 Å². The third kappa shape index (κ3) is 2.15. The lowest BCUT2D eigenvalue weighted by atomic mass is 9.67. The van der Waals surface area contributed by atoms with Crippen LogP contribution in [0.5, 0.6) is 0 Å². The normalized spacial score (nSPS) is 49.5. The molecule has 82 valence electrons. The van der Waals surface area contributed by atoms with Gasteiger partial charge in [0, 0.05) is 0 Å². The van der Waals surface area contributed by atoms with Crippen LogP contribution in [0.4, 0.5) is 0 Å². The number of rotatable bonds is 0. The van der Waals surface area contributed by atoms with Crippen LogP contribution in [0.1, 0.15) is 59.3 Å². The molecule has 5 unspecified atom stereocenters. The summed E-state index contributed by atoms with van der Waals surface area (Å²) in [6.45, 7) is 7.40. The van der Waals surface area contributed by atoms with Crippen LogP contribution in [-0.2, 0) is 0 Å². The van der Waals surface area contributed by atoms with E-state index in [2.05, 4.69) is 20.8 Å². The smallest absolute Gasteiger partial charge is 0.0381 e. The Labute approximate surface area is 89.5 Å². The predicted octanol–water partition coefficient (Wildman–Crippen LogP) is 4.49. The zero-order chi connectivity index (χ0) is 10.1. The van der Waals surface area contributed by atoms with Crippen LogP contribution in [0.25, 0.3) is 0 Å². The highest BCUT2D eigenvalue weighted by molar-refractivity contribution is 4.85. The minimum Gasteiger partial charge on any atom is -0.0625 e. The van der Waals surface area contributed by atoms with Crippen LogP contribution in [-0.4, -0.2) is 0 Å². The molecule has 0 aromatic carbocycles. The molecular weight excluding hydrogens is 168 g/mol. The summed E-state index contributed by atoms with van der Waals surface area (Å²) in [7, 11) is 0. The van der Waals surface area contributed by atoms with Gasteiger partial charge in [0.25, 0.3) is 0 Å². The number of hydrogen-bond acceptors (Lipinski definition) is 0. The molecule has 2 aliphatic carbocycles. The second kappa shape index (κ2) is 4.24. The molecule has 0 aromatic heterocycles. The Morgan fingerprint density at radius 3 is 2.07 bits per heavy atom. The minimum absolute atomic E-state index is 0.988. The summed E-state index contributed by atoms with van der Waals surface area (Å²) in [4.78, 5) is 0. The van der Waals surface area contributed by atoms with Crippen LogP contribution in [0, 0.1) is 29.6 Å². The van der Waals surface area contributed by atoms with Gasteiger partial charge in [0.2, 0.25) is 0 Å². The Hall–Kier alpha value is 0. The number of hydrogen-bond donors (Lipinski definition) is 0. The summed E-state index contributed by atoms with van der Waals surface area (Å²) in [5.74, 6) is 5.15. The van der Waals surface area contributed by atoms with E-state index >= 15 is 0 Å². The molecule has 0 heteroatoms. The van der Waals surface area contributed by atoms with Crippen LogP contribution in [0.2, 0.25) is 0 Å². The molecule has 0 heterocycles. The Bertz CT molecular complexity index is 184. The van der Waals surface area contributed by atoms with Crippen LogP contribution in [0.15, 0.2) is 0 Å². The van der Waals surface area contributed by atoms with Crippen LogP contribution < -0.4 is 0 Å². The summed E-state index contributed by atoms with van der Waals surface area (Å²) < 4.78 is 0. The van der Waals surface area contributed by atoms with Crippen molar-refractivity contribution in [2.45, 2.75) is 59.3 Å². The summed E-state index contributed by atoms with van der Waals surface area (Å²) in [6, 6.07) is 0. The minimum atomic E-state index is 0.988. The molecule has 5 atom stereocenters. The van der Waals surface area contributed by atoms with E-state index in [-0.39, 0.29) is 0 Å². The largest absolute Gasteiger partial charge is 0.0625 e. The second-order valence-corrected chi connectivity index (χ2v) is 6.22. The average molecular weight is 194 g/mol. The molecule has 2 aliphatic rings. The Balaban J connectivity index is 2.01. The highest BCUT2D eigenvalue weighted by Crippen LogP contribution is 2.45. The van der Waals surface area contributed by atoms with Gasteiger partial charge >= 0.3 is 0 Å². The predicted molar refractivity (Wildman–Crippen MR) is 62.2 cm³/mol. The van der Waals surface area contributed by atoms with Crippen LogP contribution in [0.3, 0.4) is 0 Å². The van der Waals surface area contributed by atoms with Crippen molar-refractivity contribution in [1.82, 2.24) is 0 Å². The van der Waals surface area contributed by atoms with Crippen molar-refractivity contribution >= 4 is 0 Å². The molecule has 14 heavy (non-hydrogen) atoms. The summed E-state index contributed by atoms with van der Waals surface area (Å²) in [5.41, 5.74) is 0. The highest BCUT2D eigenvalue weighted by atomic mass is 14.4. The van der Waals surface area contributed by atoms with E-state index in [4.69, 9.17) is 0 Å². The monoisotopic (exact) mass is 194 g/mol. The Morgan fingerprint density at radius 1 is 0.714 bits per heavy atom. The van der Waals surface area contributed by atoms with Crippen molar-refractivity contribution in [3.8, 4) is 0 Å². The van der Waals surface area contributed by atoms with E-state index in [9.17, 15) is 0 Å². The molecule has 0 N–H and O–H groups in total. The maximum absolute atomic E-state index is 2.47. The summed E-state index contributed by atoms with van der Waals surface area (Å²) in [5, 5.41) is 0. The molecule has 0 spiro atoms. The second-order valence-electron chi connectivity index (χ2n) is 6.22. The van der Waals surface area contributed by atoms with Gasteiger partial charge < -0.3 is 0 Å². The van der Waals surface area contributed by atoms with Crippen LogP contribution >= 0.6 is 0 Å². The summed E-state index contributed by atoms with van der Waals surface area (Å²) >= 11 is 0. The fourth-order valence-electron chi connectivity index (χ4n) is 3.81. The molecule has 0 aliphatic heterocycles. The van der Waals surface area contributed by atoms with Gasteiger partial charge in [-0.15, -0.1) is 0 Å². The molecule has 0 nitrogen and oxygen atoms in total. The van der Waals surface area contributed by atoms with E-state index in [1.54, 1.807) is 0 Å². The average Bonchev–Trinajstić information content (AvgIpc) is 2.28. The molecule has 2 rings (SSSR count). The third-order valence-electron chi connectivity index (χ3n) is 4.96. The first-order chi connectivity index (χ1) is 6.66. The highest BCUT2D eigenvalue weighted by Gasteiger charge is 2.34. The maximum atomic E-state index is 2.47. The third-order valence-corrected chi connectivity index (χ3v) is 4.96. The standard InChI is InChI=1S/C14H26/c1-10-5-4-6-13-8-11(2)12(3)9-14(13)7-10/h10-14H,4-9H2,1-3H3. The van der Waals surface area contributed by atoms with E-state index < -0.39 is 0 Å². The van der Waals surface area contributed by atoms with Crippen molar-refractivity contribution in [1.29, 1.82) is 0 Å². The molecular formula is C14H26. The summed E-state index contributed by atoms with van der Waals surface area (Å²) in [6.07, 6.45) is 9.11. The SMILES string of the molecule is CC1CCCC2CC(C)C(C)CC2C1. The molecule has 2 saturated carbocycles. The van der Waals surface area contributed by atoms with Gasteiger partial charge in [-0.3, -0.25) is 0 Å². The first kappa shape index (κ1) is 10.5. The van der Waals surface area contributed by atoms with Gasteiger partial charge in [-0.05, 0) is 48.9 Å². The fraction of sp³-hybridized carbons (Fsp3) is 1.00. The van der Waals surface area contributed by atoms with Crippen molar-refractivity contribution in [3.05, 3.63) is 0 Å². The van der Waals surface area contributed by atoms with Gasteiger partial charge in [-0.2, -0.15) is 0 Å². The molecule has 2 fully saturated rings.